The van der Waals surface area contributed by atoms with E-state index in [0.717, 1.165) is 0 Å². The van der Waals surface area contributed by atoms with E-state index < -0.39 is 47.7 Å². The number of hydrogen-bond acceptors (Lipinski definition) is 6. The Hall–Kier alpha value is -1.25. The minimum absolute atomic E-state index is 0.0117. The third-order valence-corrected chi connectivity index (χ3v) is 10.3. The predicted octanol–water partition coefficient (Wildman–Crippen LogP) is 2.41. The highest BCUT2D eigenvalue weighted by atomic mass is 35.5. The Morgan fingerprint density at radius 1 is 1.22 bits per heavy atom. The zero-order valence-corrected chi connectivity index (χ0v) is 17.5. The molecule has 0 aromatic heterocycles. The zero-order chi connectivity index (χ0) is 20.1. The third kappa shape index (κ3) is 3.36. The number of carbonyl (C=O) groups excluding carboxylic acids is 2. The van der Waals surface area contributed by atoms with Gasteiger partial charge >= 0.3 is 0 Å². The predicted molar refractivity (Wildman–Crippen MR) is 102 cm³/mol. The van der Waals surface area contributed by atoms with Crippen molar-refractivity contribution in [2.24, 2.45) is 5.92 Å². The molecule has 0 saturated heterocycles. The Morgan fingerprint density at radius 3 is 2.52 bits per heavy atom. The Labute approximate surface area is 164 Å². The highest BCUT2D eigenvalue weighted by Gasteiger charge is 2.46. The number of carbonyl (C=O) groups is 2. The SMILES string of the molecule is CC(C)S(=O)(=O)C1CCCC(=O)C1C(=O)c1ccc2c(c1Cl)CCS2(=O)=O. The monoisotopic (exact) mass is 432 g/mol. The minimum atomic E-state index is -3.66. The van der Waals surface area contributed by atoms with Crippen LogP contribution in [0.1, 0.15) is 49.0 Å². The topological polar surface area (TPSA) is 102 Å². The van der Waals surface area contributed by atoms with Gasteiger partial charge < -0.3 is 0 Å². The van der Waals surface area contributed by atoms with Crippen molar-refractivity contribution in [2.45, 2.75) is 54.9 Å². The van der Waals surface area contributed by atoms with Gasteiger partial charge in [-0.05, 0) is 50.8 Å². The largest absolute Gasteiger partial charge is 0.299 e. The second-order valence-corrected chi connectivity index (χ2v) is 12.5. The molecule has 1 aromatic rings. The molecule has 1 fully saturated rings. The van der Waals surface area contributed by atoms with Crippen molar-refractivity contribution in [3.63, 3.8) is 0 Å². The van der Waals surface area contributed by atoms with Crippen molar-refractivity contribution in [3.05, 3.63) is 28.3 Å². The summed E-state index contributed by atoms with van der Waals surface area (Å²) in [5.74, 6) is -2.40. The summed E-state index contributed by atoms with van der Waals surface area (Å²) < 4.78 is 49.5. The number of fused-ring (bicyclic) bond motifs is 1. The average molecular weight is 433 g/mol. The first-order valence-electron chi connectivity index (χ1n) is 8.82. The van der Waals surface area contributed by atoms with E-state index in [0.29, 0.717) is 12.0 Å². The molecule has 1 aliphatic carbocycles. The quantitative estimate of drug-likeness (QED) is 0.534. The van der Waals surface area contributed by atoms with E-state index in [-0.39, 0.29) is 40.5 Å². The van der Waals surface area contributed by atoms with Crippen LogP contribution in [0.5, 0.6) is 0 Å². The highest BCUT2D eigenvalue weighted by Crippen LogP contribution is 2.38. The lowest BCUT2D eigenvalue weighted by molar-refractivity contribution is -0.122. The summed E-state index contributed by atoms with van der Waals surface area (Å²) in [6.45, 7) is 3.06. The molecular weight excluding hydrogens is 412 g/mol. The molecule has 1 aromatic carbocycles. The molecule has 9 heteroatoms. The van der Waals surface area contributed by atoms with Gasteiger partial charge in [0.05, 0.1) is 32.1 Å². The van der Waals surface area contributed by atoms with Crippen LogP contribution in [0.25, 0.3) is 0 Å². The van der Waals surface area contributed by atoms with Gasteiger partial charge in [-0.1, -0.05) is 11.6 Å². The van der Waals surface area contributed by atoms with Gasteiger partial charge in [-0.15, -0.1) is 0 Å². The number of Topliss-reactive ketones (excluding diaryl/α,β-unsaturated/α-hetero) is 2. The normalized spacial score (nSPS) is 24.8. The van der Waals surface area contributed by atoms with Gasteiger partial charge in [0, 0.05) is 12.0 Å². The maximum absolute atomic E-state index is 13.2. The maximum atomic E-state index is 13.2. The molecule has 0 spiro atoms. The van der Waals surface area contributed by atoms with E-state index >= 15 is 0 Å². The molecule has 1 heterocycles. The van der Waals surface area contributed by atoms with E-state index in [9.17, 15) is 26.4 Å². The number of hydrogen-bond donors (Lipinski definition) is 0. The van der Waals surface area contributed by atoms with Crippen molar-refractivity contribution in [1.29, 1.82) is 0 Å². The van der Waals surface area contributed by atoms with Crippen LogP contribution in [0.2, 0.25) is 5.02 Å². The standard InChI is InChI=1S/C18H21ClO6S2/c1-10(2)27(24,25)15-5-3-4-13(20)16(15)18(21)12-6-7-14-11(17(12)19)8-9-26(14,22)23/h6-7,10,15-16H,3-5,8-9H2,1-2H3. The Kier molecular flexibility index (Phi) is 5.29. The minimum Gasteiger partial charge on any atom is -0.299 e. The van der Waals surface area contributed by atoms with E-state index in [1.807, 2.05) is 0 Å². The molecular formula is C18H21ClO6S2. The van der Waals surface area contributed by atoms with E-state index in [1.54, 1.807) is 0 Å². The van der Waals surface area contributed by atoms with Crippen LogP contribution < -0.4 is 0 Å². The molecule has 1 aliphatic heterocycles. The molecule has 0 N–H and O–H groups in total. The van der Waals surface area contributed by atoms with Gasteiger partial charge in [0.2, 0.25) is 0 Å². The first-order chi connectivity index (χ1) is 12.5. The summed E-state index contributed by atoms with van der Waals surface area (Å²) in [5.41, 5.74) is 0.394. The van der Waals surface area contributed by atoms with E-state index in [4.69, 9.17) is 11.6 Å². The summed E-state index contributed by atoms with van der Waals surface area (Å²) in [6.07, 6.45) is 1.02. The number of sulfone groups is 2. The van der Waals surface area contributed by atoms with Gasteiger partial charge in [0.15, 0.2) is 25.5 Å². The van der Waals surface area contributed by atoms with Gasteiger partial charge in [0.25, 0.3) is 0 Å². The summed E-state index contributed by atoms with van der Waals surface area (Å²) in [6, 6.07) is 2.63. The lowest BCUT2D eigenvalue weighted by atomic mass is 9.82. The molecule has 2 unspecified atom stereocenters. The van der Waals surface area contributed by atoms with Crippen molar-refractivity contribution in [3.8, 4) is 0 Å². The highest BCUT2D eigenvalue weighted by molar-refractivity contribution is 7.92. The summed E-state index contributed by atoms with van der Waals surface area (Å²) >= 11 is 6.32. The van der Waals surface area contributed by atoms with Gasteiger partial charge in [0.1, 0.15) is 5.78 Å². The summed E-state index contributed by atoms with van der Waals surface area (Å²) in [7, 11) is -7.07. The average Bonchev–Trinajstić information content (AvgIpc) is 2.90. The number of benzene rings is 1. The first-order valence-corrected chi connectivity index (χ1v) is 12.5. The van der Waals surface area contributed by atoms with Crippen LogP contribution in [-0.4, -0.2) is 44.7 Å². The van der Waals surface area contributed by atoms with Crippen LogP contribution in [0.3, 0.4) is 0 Å². The molecule has 6 nitrogen and oxygen atoms in total. The molecule has 148 valence electrons. The lowest BCUT2D eigenvalue weighted by Gasteiger charge is -2.30. The van der Waals surface area contributed by atoms with Crippen LogP contribution >= 0.6 is 11.6 Å². The number of halogens is 1. The third-order valence-electron chi connectivity index (χ3n) is 5.41. The van der Waals surface area contributed by atoms with Crippen molar-refractivity contribution < 1.29 is 26.4 Å². The van der Waals surface area contributed by atoms with Gasteiger partial charge in [-0.3, -0.25) is 9.59 Å². The lowest BCUT2D eigenvalue weighted by Crippen LogP contribution is -2.45. The molecule has 2 atom stereocenters. The smallest absolute Gasteiger partial charge is 0.179 e. The second kappa shape index (κ2) is 6.97. The fraction of sp³-hybridized carbons (Fsp3) is 0.556. The fourth-order valence-corrected chi connectivity index (χ4v) is 7.66. The van der Waals surface area contributed by atoms with E-state index in [2.05, 4.69) is 0 Å². The molecule has 27 heavy (non-hydrogen) atoms. The fourth-order valence-electron chi connectivity index (χ4n) is 3.86. The molecule has 1 saturated carbocycles. The van der Waals surface area contributed by atoms with Crippen LogP contribution in [0.15, 0.2) is 17.0 Å². The zero-order valence-electron chi connectivity index (χ0n) is 15.1. The van der Waals surface area contributed by atoms with Crippen molar-refractivity contribution in [1.82, 2.24) is 0 Å². The maximum Gasteiger partial charge on any atom is 0.179 e. The molecule has 0 amide bonds. The van der Waals surface area contributed by atoms with Gasteiger partial charge in [-0.25, -0.2) is 16.8 Å². The molecule has 2 aliphatic rings. The Balaban J connectivity index is 2.07. The first kappa shape index (κ1) is 20.5. The Bertz CT molecular complexity index is 1020. The summed E-state index contributed by atoms with van der Waals surface area (Å²) in [4.78, 5) is 25.8. The summed E-state index contributed by atoms with van der Waals surface area (Å²) in [5, 5.41) is -1.76. The van der Waals surface area contributed by atoms with Crippen molar-refractivity contribution in [2.75, 3.05) is 5.75 Å². The van der Waals surface area contributed by atoms with Gasteiger partial charge in [-0.2, -0.15) is 0 Å². The Morgan fingerprint density at radius 2 is 1.89 bits per heavy atom. The van der Waals surface area contributed by atoms with Crippen molar-refractivity contribution >= 4 is 42.8 Å². The number of rotatable bonds is 4. The molecule has 0 bridgehead atoms. The van der Waals surface area contributed by atoms with Crippen LogP contribution in [0.4, 0.5) is 0 Å². The molecule has 0 radical (unpaired) electrons. The molecule has 3 rings (SSSR count). The van der Waals surface area contributed by atoms with Crippen LogP contribution in [0, 0.1) is 5.92 Å². The second-order valence-electron chi connectivity index (χ2n) is 7.35. The number of ketones is 2. The van der Waals surface area contributed by atoms with Crippen LogP contribution in [-0.2, 0) is 30.9 Å². The van der Waals surface area contributed by atoms with E-state index in [1.165, 1.54) is 26.0 Å².